The van der Waals surface area contributed by atoms with Crippen LogP contribution in [-0.2, 0) is 13.0 Å². The molecule has 0 unspecified atom stereocenters. The minimum absolute atomic E-state index is 0.830. The Balaban J connectivity index is 2.14. The smallest absolute Gasteiger partial charge is 0.159 e. The van der Waals surface area contributed by atoms with Crippen LogP contribution in [0.1, 0.15) is 18.2 Å². The van der Waals surface area contributed by atoms with Crippen molar-refractivity contribution in [1.82, 2.24) is 10.2 Å². The number of H-pyrrole nitrogens is 1. The van der Waals surface area contributed by atoms with Crippen molar-refractivity contribution in [1.29, 1.82) is 0 Å². The average molecular weight is 228 g/mol. The average Bonchev–Trinajstić information content (AvgIpc) is 2.73. The van der Waals surface area contributed by atoms with E-state index in [0.29, 0.717) is 0 Å². The summed E-state index contributed by atoms with van der Waals surface area (Å²) in [4.78, 5) is 2.14. The highest BCUT2D eigenvalue weighted by atomic mass is 15.3. The number of hydrogen-bond donors (Lipinski definition) is 2. The van der Waals surface area contributed by atoms with E-state index in [9.17, 15) is 0 Å². The van der Waals surface area contributed by atoms with E-state index in [1.54, 1.807) is 0 Å². The summed E-state index contributed by atoms with van der Waals surface area (Å²) in [5, 5.41) is 11.0. The van der Waals surface area contributed by atoms with Gasteiger partial charge in [0.2, 0.25) is 0 Å². The van der Waals surface area contributed by atoms with Gasteiger partial charge in [0.25, 0.3) is 0 Å². The summed E-state index contributed by atoms with van der Waals surface area (Å²) >= 11 is 0. The second kappa shape index (κ2) is 3.80. The van der Waals surface area contributed by atoms with Gasteiger partial charge in [-0.2, -0.15) is 5.10 Å². The van der Waals surface area contributed by atoms with Crippen molar-refractivity contribution in [3.8, 4) is 0 Å². The van der Waals surface area contributed by atoms with Gasteiger partial charge >= 0.3 is 0 Å². The Labute approximate surface area is 101 Å². The van der Waals surface area contributed by atoms with Crippen LogP contribution in [0.25, 0.3) is 0 Å². The van der Waals surface area contributed by atoms with Gasteiger partial charge in [0, 0.05) is 24.8 Å². The zero-order chi connectivity index (χ0) is 11.8. The van der Waals surface area contributed by atoms with Crippen molar-refractivity contribution >= 4 is 17.2 Å². The fraction of sp³-hybridized carbons (Fsp3) is 0.308. The fourth-order valence-corrected chi connectivity index (χ4v) is 2.36. The van der Waals surface area contributed by atoms with E-state index < -0.39 is 0 Å². The molecule has 0 aliphatic carbocycles. The van der Waals surface area contributed by atoms with Gasteiger partial charge in [-0.15, -0.1) is 0 Å². The minimum Gasteiger partial charge on any atom is -0.379 e. The number of anilines is 3. The van der Waals surface area contributed by atoms with Crippen LogP contribution in [0.5, 0.6) is 0 Å². The monoisotopic (exact) mass is 228 g/mol. The number of rotatable bonds is 1. The summed E-state index contributed by atoms with van der Waals surface area (Å²) in [6, 6.07) is 8.32. The molecule has 0 bridgehead atoms. The van der Waals surface area contributed by atoms with Crippen LogP contribution < -0.4 is 10.2 Å². The van der Waals surface area contributed by atoms with Gasteiger partial charge < -0.3 is 10.2 Å². The minimum atomic E-state index is 0.830. The molecule has 3 rings (SSSR count). The Hall–Kier alpha value is -1.97. The number of nitrogens with one attached hydrogen (secondary N) is 2. The summed E-state index contributed by atoms with van der Waals surface area (Å²) in [7, 11) is 2.06. The summed E-state index contributed by atoms with van der Waals surface area (Å²) in [6.45, 7) is 2.97. The van der Waals surface area contributed by atoms with Crippen LogP contribution in [0.3, 0.4) is 0 Å². The predicted molar refractivity (Wildman–Crippen MR) is 69.8 cm³/mol. The Kier molecular flexibility index (Phi) is 2.28. The number of aryl methyl sites for hydroxylation is 1. The van der Waals surface area contributed by atoms with E-state index in [-0.39, 0.29) is 0 Å². The van der Waals surface area contributed by atoms with Crippen LogP contribution in [0.4, 0.5) is 17.2 Å². The third-order valence-corrected chi connectivity index (χ3v) is 3.32. The maximum absolute atomic E-state index is 4.43. The molecule has 0 atom stereocenters. The highest BCUT2D eigenvalue weighted by Gasteiger charge is 2.21. The second-order valence-corrected chi connectivity index (χ2v) is 4.29. The third-order valence-electron chi connectivity index (χ3n) is 3.32. The first-order chi connectivity index (χ1) is 8.31. The topological polar surface area (TPSA) is 44.0 Å². The maximum Gasteiger partial charge on any atom is 0.159 e. The molecule has 0 fully saturated rings. The van der Waals surface area contributed by atoms with E-state index in [4.69, 9.17) is 0 Å². The number of fused-ring (bicyclic) bond motifs is 2. The molecule has 88 valence electrons. The molecule has 0 saturated carbocycles. The quantitative estimate of drug-likeness (QED) is 0.788. The lowest BCUT2D eigenvalue weighted by Crippen LogP contribution is -2.10. The predicted octanol–water partition coefficient (Wildman–Crippen LogP) is 2.67. The molecular weight excluding hydrogens is 212 g/mol. The van der Waals surface area contributed by atoms with Crippen molar-refractivity contribution in [2.75, 3.05) is 17.3 Å². The van der Waals surface area contributed by atoms with Crippen LogP contribution in [0.2, 0.25) is 0 Å². The van der Waals surface area contributed by atoms with Crippen LogP contribution in [-0.4, -0.2) is 17.2 Å². The first-order valence-corrected chi connectivity index (χ1v) is 5.94. The van der Waals surface area contributed by atoms with Gasteiger partial charge in [-0.25, -0.2) is 0 Å². The Morgan fingerprint density at radius 2 is 2.18 bits per heavy atom. The molecule has 2 heterocycles. The molecule has 17 heavy (non-hydrogen) atoms. The summed E-state index contributed by atoms with van der Waals surface area (Å²) in [5.41, 5.74) is 4.81. The van der Waals surface area contributed by atoms with E-state index >= 15 is 0 Å². The Morgan fingerprint density at radius 1 is 1.35 bits per heavy atom. The van der Waals surface area contributed by atoms with Gasteiger partial charge in [-0.1, -0.05) is 19.1 Å². The number of para-hydroxylation sites is 2. The Morgan fingerprint density at radius 3 is 3.00 bits per heavy atom. The molecule has 2 N–H and O–H groups in total. The SMILES string of the molecule is CCc1[nH]nc2c1CNc1ccccc1N2C. The van der Waals surface area contributed by atoms with Gasteiger partial charge in [0.15, 0.2) is 5.82 Å². The van der Waals surface area contributed by atoms with Gasteiger partial charge in [-0.3, -0.25) is 5.10 Å². The molecule has 0 radical (unpaired) electrons. The highest BCUT2D eigenvalue weighted by molar-refractivity contribution is 5.78. The van der Waals surface area contributed by atoms with Crippen molar-refractivity contribution in [3.05, 3.63) is 35.5 Å². The molecular formula is C13H16N4. The highest BCUT2D eigenvalue weighted by Crippen LogP contribution is 2.36. The van der Waals surface area contributed by atoms with E-state index in [1.807, 2.05) is 0 Å². The number of aromatic nitrogens is 2. The van der Waals surface area contributed by atoms with Crippen LogP contribution >= 0.6 is 0 Å². The second-order valence-electron chi connectivity index (χ2n) is 4.29. The lowest BCUT2D eigenvalue weighted by atomic mass is 10.2. The maximum atomic E-state index is 4.43. The lowest BCUT2D eigenvalue weighted by Gasteiger charge is -2.17. The summed E-state index contributed by atoms with van der Waals surface area (Å²) < 4.78 is 0. The third kappa shape index (κ3) is 1.48. The van der Waals surface area contributed by atoms with E-state index in [0.717, 1.165) is 24.5 Å². The molecule has 0 amide bonds. The molecule has 4 heteroatoms. The summed E-state index contributed by atoms with van der Waals surface area (Å²) in [6.07, 6.45) is 0.980. The molecule has 4 nitrogen and oxygen atoms in total. The molecule has 1 aromatic carbocycles. The van der Waals surface area contributed by atoms with Crippen molar-refractivity contribution in [2.24, 2.45) is 0 Å². The first-order valence-electron chi connectivity index (χ1n) is 5.94. The first kappa shape index (κ1) is 10.2. The number of aromatic amines is 1. The van der Waals surface area contributed by atoms with Crippen molar-refractivity contribution < 1.29 is 0 Å². The number of hydrogen-bond acceptors (Lipinski definition) is 3. The molecule has 0 saturated heterocycles. The van der Waals surface area contributed by atoms with Gasteiger partial charge in [0.1, 0.15) is 0 Å². The van der Waals surface area contributed by atoms with Crippen molar-refractivity contribution in [3.63, 3.8) is 0 Å². The van der Waals surface area contributed by atoms with E-state index in [1.165, 1.54) is 16.9 Å². The lowest BCUT2D eigenvalue weighted by molar-refractivity contribution is 0.952. The fourth-order valence-electron chi connectivity index (χ4n) is 2.36. The Bertz CT molecular complexity index is 544. The van der Waals surface area contributed by atoms with Crippen LogP contribution in [0, 0.1) is 0 Å². The van der Waals surface area contributed by atoms with Gasteiger partial charge in [0.05, 0.1) is 11.4 Å². The normalized spacial score (nSPS) is 13.6. The van der Waals surface area contributed by atoms with Crippen LogP contribution in [0.15, 0.2) is 24.3 Å². The zero-order valence-electron chi connectivity index (χ0n) is 10.1. The molecule has 1 aliphatic heterocycles. The molecule has 2 aromatic rings. The number of nitrogens with zero attached hydrogens (tertiary/aromatic N) is 2. The number of benzene rings is 1. The largest absolute Gasteiger partial charge is 0.379 e. The molecule has 1 aliphatic rings. The summed E-state index contributed by atoms with van der Waals surface area (Å²) in [5.74, 6) is 1.03. The van der Waals surface area contributed by atoms with E-state index in [2.05, 4.69) is 58.7 Å². The van der Waals surface area contributed by atoms with Gasteiger partial charge in [-0.05, 0) is 18.6 Å². The molecule has 1 aromatic heterocycles. The standard InChI is InChI=1S/C13H16N4/c1-3-10-9-8-14-11-6-4-5-7-12(11)17(2)13(9)16-15-10/h4-7,14H,3,8H2,1-2H3,(H,15,16). The zero-order valence-corrected chi connectivity index (χ0v) is 10.1. The van der Waals surface area contributed by atoms with Crippen molar-refractivity contribution in [2.45, 2.75) is 19.9 Å². The molecule has 0 spiro atoms.